The first-order chi connectivity index (χ1) is 10.4. The Bertz CT molecular complexity index is 570. The number of carbonyl (C=O) groups excluding carboxylic acids is 1. The van der Waals surface area contributed by atoms with Crippen LogP contribution in [0, 0.1) is 6.92 Å². The van der Waals surface area contributed by atoms with E-state index in [1.165, 1.54) is 0 Å². The number of rotatable bonds is 9. The molecule has 0 saturated carbocycles. The van der Waals surface area contributed by atoms with Gasteiger partial charge in [0.25, 0.3) is 0 Å². The Balaban J connectivity index is 2.43. The van der Waals surface area contributed by atoms with E-state index in [0.29, 0.717) is 13.0 Å². The van der Waals surface area contributed by atoms with Gasteiger partial charge < -0.3 is 10.1 Å². The van der Waals surface area contributed by atoms with Crippen molar-refractivity contribution in [2.45, 2.75) is 38.2 Å². The second-order valence-corrected chi connectivity index (χ2v) is 6.62. The number of sulfonamides is 1. The van der Waals surface area contributed by atoms with Gasteiger partial charge in [0.2, 0.25) is 15.9 Å². The monoisotopic (exact) mass is 328 g/mol. The van der Waals surface area contributed by atoms with Crippen LogP contribution in [0.4, 0.5) is 0 Å². The summed E-state index contributed by atoms with van der Waals surface area (Å²) in [6.45, 7) is 6.39. The Morgan fingerprint density at radius 1 is 1.18 bits per heavy atom. The van der Waals surface area contributed by atoms with Gasteiger partial charge in [-0.1, -0.05) is 24.6 Å². The van der Waals surface area contributed by atoms with E-state index >= 15 is 0 Å². The molecule has 0 saturated heterocycles. The van der Waals surface area contributed by atoms with E-state index in [1.54, 1.807) is 24.3 Å². The molecule has 0 aliphatic carbocycles. The number of carbonyl (C=O) groups is 1. The predicted molar refractivity (Wildman–Crippen MR) is 85.1 cm³/mol. The van der Waals surface area contributed by atoms with Crippen LogP contribution in [0.3, 0.4) is 0 Å². The van der Waals surface area contributed by atoms with E-state index in [4.69, 9.17) is 4.74 Å². The van der Waals surface area contributed by atoms with Gasteiger partial charge in [0, 0.05) is 19.7 Å². The van der Waals surface area contributed by atoms with Gasteiger partial charge in [-0.3, -0.25) is 4.79 Å². The van der Waals surface area contributed by atoms with E-state index in [9.17, 15) is 13.2 Å². The maximum absolute atomic E-state index is 12.0. The van der Waals surface area contributed by atoms with Crippen LogP contribution in [0.15, 0.2) is 29.2 Å². The summed E-state index contributed by atoms with van der Waals surface area (Å²) >= 11 is 0. The summed E-state index contributed by atoms with van der Waals surface area (Å²) in [4.78, 5) is 12.0. The highest BCUT2D eigenvalue weighted by Crippen LogP contribution is 2.09. The summed E-state index contributed by atoms with van der Waals surface area (Å²) in [6.07, 6.45) is 0.0908. The van der Waals surface area contributed by atoms with E-state index in [-0.39, 0.29) is 23.9 Å². The molecule has 0 bridgehead atoms. The van der Waals surface area contributed by atoms with Crippen molar-refractivity contribution in [1.82, 2.24) is 10.0 Å². The van der Waals surface area contributed by atoms with Crippen LogP contribution in [0.2, 0.25) is 0 Å². The smallest absolute Gasteiger partial charge is 0.249 e. The molecule has 0 aliphatic rings. The number of hydrogen-bond acceptors (Lipinski definition) is 4. The highest BCUT2D eigenvalue weighted by molar-refractivity contribution is 7.89. The zero-order chi connectivity index (χ0) is 16.6. The maximum Gasteiger partial charge on any atom is 0.249 e. The molecular weight excluding hydrogens is 304 g/mol. The average molecular weight is 328 g/mol. The minimum absolute atomic E-state index is 0.129. The normalized spacial score (nSPS) is 12.9. The third-order valence-corrected chi connectivity index (χ3v) is 4.56. The largest absolute Gasteiger partial charge is 0.369 e. The molecule has 0 radical (unpaired) electrons. The van der Waals surface area contributed by atoms with Crippen LogP contribution >= 0.6 is 0 Å². The lowest BCUT2D eigenvalue weighted by Crippen LogP contribution is -2.40. The highest BCUT2D eigenvalue weighted by atomic mass is 32.2. The fourth-order valence-corrected chi connectivity index (χ4v) is 2.90. The average Bonchev–Trinajstić information content (AvgIpc) is 2.49. The molecule has 124 valence electrons. The Morgan fingerprint density at radius 2 is 1.82 bits per heavy atom. The third kappa shape index (κ3) is 5.75. The molecule has 7 heteroatoms. The first kappa shape index (κ1) is 18.6. The number of hydrogen-bond donors (Lipinski definition) is 2. The van der Waals surface area contributed by atoms with Crippen molar-refractivity contribution in [2.75, 3.05) is 19.7 Å². The summed E-state index contributed by atoms with van der Waals surface area (Å²) in [5.74, 6) is -0.223. The molecule has 0 heterocycles. The number of aryl methyl sites for hydroxylation is 1. The molecule has 22 heavy (non-hydrogen) atoms. The lowest BCUT2D eigenvalue weighted by atomic mass is 10.2. The molecule has 0 aliphatic heterocycles. The quantitative estimate of drug-likeness (QED) is 0.667. The third-order valence-electron chi connectivity index (χ3n) is 3.08. The first-order valence-electron chi connectivity index (χ1n) is 7.36. The first-order valence-corrected chi connectivity index (χ1v) is 8.84. The summed E-state index contributed by atoms with van der Waals surface area (Å²) < 4.78 is 31.8. The van der Waals surface area contributed by atoms with E-state index in [0.717, 1.165) is 5.56 Å². The van der Waals surface area contributed by atoms with E-state index < -0.39 is 16.1 Å². The molecule has 2 N–H and O–H groups in total. The summed E-state index contributed by atoms with van der Waals surface area (Å²) in [5, 5.41) is 2.66. The molecule has 0 aromatic heterocycles. The summed E-state index contributed by atoms with van der Waals surface area (Å²) in [6, 6.07) is 6.59. The van der Waals surface area contributed by atoms with Crippen LogP contribution in [0.5, 0.6) is 0 Å². The second kappa shape index (κ2) is 8.87. The Labute approximate surface area is 132 Å². The second-order valence-electron chi connectivity index (χ2n) is 4.85. The van der Waals surface area contributed by atoms with Crippen molar-refractivity contribution in [3.8, 4) is 0 Å². The van der Waals surface area contributed by atoms with Crippen LogP contribution in [0.25, 0.3) is 0 Å². The summed E-state index contributed by atoms with van der Waals surface area (Å²) in [7, 11) is -3.54. The Hall–Kier alpha value is -1.44. The van der Waals surface area contributed by atoms with Gasteiger partial charge in [-0.25, -0.2) is 13.1 Å². The zero-order valence-electron chi connectivity index (χ0n) is 13.3. The molecule has 1 rings (SSSR count). The number of benzene rings is 1. The standard InChI is InChI=1S/C15H24N2O4S/c1-4-14(21-5-2)15(18)16-10-11-17-22(19,20)13-8-6-12(3)7-9-13/h6-9,14,17H,4-5,10-11H2,1-3H3,(H,16,18)/t14-/m0/s1. The van der Waals surface area contributed by atoms with Gasteiger partial charge in [-0.15, -0.1) is 0 Å². The molecule has 1 atom stereocenters. The van der Waals surface area contributed by atoms with Crippen molar-refractivity contribution in [3.05, 3.63) is 29.8 Å². The van der Waals surface area contributed by atoms with Gasteiger partial charge in [-0.2, -0.15) is 0 Å². The van der Waals surface area contributed by atoms with Crippen LogP contribution in [-0.4, -0.2) is 40.1 Å². The van der Waals surface area contributed by atoms with Gasteiger partial charge in [0.15, 0.2) is 0 Å². The van der Waals surface area contributed by atoms with Gasteiger partial charge >= 0.3 is 0 Å². The van der Waals surface area contributed by atoms with Crippen molar-refractivity contribution < 1.29 is 17.9 Å². The molecule has 6 nitrogen and oxygen atoms in total. The maximum atomic E-state index is 12.0. The lowest BCUT2D eigenvalue weighted by Gasteiger charge is -2.15. The molecule has 1 aromatic rings. The van der Waals surface area contributed by atoms with Crippen molar-refractivity contribution in [1.29, 1.82) is 0 Å². The minimum atomic E-state index is -3.54. The van der Waals surface area contributed by atoms with Crippen LogP contribution in [0.1, 0.15) is 25.8 Å². The number of nitrogens with one attached hydrogen (secondary N) is 2. The van der Waals surface area contributed by atoms with Crippen LogP contribution < -0.4 is 10.0 Å². The van der Waals surface area contributed by atoms with E-state index in [2.05, 4.69) is 10.0 Å². The summed E-state index contributed by atoms with van der Waals surface area (Å²) in [5.41, 5.74) is 0.993. The fourth-order valence-electron chi connectivity index (χ4n) is 1.87. The molecule has 0 spiro atoms. The van der Waals surface area contributed by atoms with Gasteiger partial charge in [0.1, 0.15) is 6.10 Å². The topological polar surface area (TPSA) is 84.5 Å². The SMILES string of the molecule is CCO[C@@H](CC)C(=O)NCCNS(=O)(=O)c1ccc(C)cc1. The Morgan fingerprint density at radius 3 is 2.36 bits per heavy atom. The Kier molecular flexibility index (Phi) is 7.50. The van der Waals surface area contributed by atoms with Crippen molar-refractivity contribution in [2.24, 2.45) is 0 Å². The zero-order valence-corrected chi connectivity index (χ0v) is 14.1. The highest BCUT2D eigenvalue weighted by Gasteiger charge is 2.16. The predicted octanol–water partition coefficient (Wildman–Crippen LogP) is 1.20. The lowest BCUT2D eigenvalue weighted by molar-refractivity contribution is -0.132. The number of ether oxygens (including phenoxy) is 1. The van der Waals surface area contributed by atoms with Crippen LogP contribution in [-0.2, 0) is 19.6 Å². The van der Waals surface area contributed by atoms with Gasteiger partial charge in [0.05, 0.1) is 4.90 Å². The van der Waals surface area contributed by atoms with Crippen molar-refractivity contribution >= 4 is 15.9 Å². The van der Waals surface area contributed by atoms with Gasteiger partial charge in [-0.05, 0) is 32.4 Å². The number of amides is 1. The molecule has 1 amide bonds. The molecule has 0 fully saturated rings. The fraction of sp³-hybridized carbons (Fsp3) is 0.533. The molecule has 1 aromatic carbocycles. The van der Waals surface area contributed by atoms with Crippen molar-refractivity contribution in [3.63, 3.8) is 0 Å². The molecule has 0 unspecified atom stereocenters. The minimum Gasteiger partial charge on any atom is -0.369 e. The molecular formula is C15H24N2O4S. The van der Waals surface area contributed by atoms with E-state index in [1.807, 2.05) is 20.8 Å².